The number of amides is 3. The molecular formula is C27H29N3O3. The first-order valence-corrected chi connectivity index (χ1v) is 11.4. The summed E-state index contributed by atoms with van der Waals surface area (Å²) in [4.78, 5) is 41.2. The maximum absolute atomic E-state index is 13.3. The van der Waals surface area contributed by atoms with Crippen LogP contribution in [0, 0.1) is 5.92 Å². The predicted octanol–water partition coefficient (Wildman–Crippen LogP) is 3.87. The van der Waals surface area contributed by atoms with Crippen LogP contribution in [0.4, 0.5) is 5.69 Å². The Kier molecular flexibility index (Phi) is 6.73. The molecule has 1 saturated heterocycles. The molecule has 0 bridgehead atoms. The number of carbonyl (C=O) groups is 3. The van der Waals surface area contributed by atoms with Crippen LogP contribution in [0.2, 0.25) is 0 Å². The van der Waals surface area contributed by atoms with Crippen molar-refractivity contribution in [3.05, 3.63) is 84.1 Å². The quantitative estimate of drug-likeness (QED) is 0.521. The molecule has 0 atom stereocenters. The highest BCUT2D eigenvalue weighted by atomic mass is 16.2. The summed E-state index contributed by atoms with van der Waals surface area (Å²) >= 11 is 0. The van der Waals surface area contributed by atoms with Gasteiger partial charge in [-0.25, -0.2) is 0 Å². The van der Waals surface area contributed by atoms with Crippen molar-refractivity contribution in [1.29, 1.82) is 0 Å². The van der Waals surface area contributed by atoms with Gasteiger partial charge < -0.3 is 10.2 Å². The van der Waals surface area contributed by atoms with Crippen molar-refractivity contribution in [3.8, 4) is 0 Å². The third-order valence-corrected chi connectivity index (χ3v) is 6.25. The van der Waals surface area contributed by atoms with Crippen LogP contribution in [-0.4, -0.2) is 47.2 Å². The second-order valence-electron chi connectivity index (χ2n) is 8.61. The van der Waals surface area contributed by atoms with Gasteiger partial charge in [0.15, 0.2) is 0 Å². The monoisotopic (exact) mass is 443 g/mol. The van der Waals surface area contributed by atoms with Gasteiger partial charge in [-0.1, -0.05) is 48.5 Å². The van der Waals surface area contributed by atoms with E-state index in [1.165, 1.54) is 17.4 Å². The maximum Gasteiger partial charge on any atom is 0.278 e. The molecular weight excluding hydrogens is 414 g/mol. The van der Waals surface area contributed by atoms with Gasteiger partial charge >= 0.3 is 0 Å². The molecule has 1 fully saturated rings. The molecule has 2 heterocycles. The predicted molar refractivity (Wildman–Crippen MR) is 129 cm³/mol. The maximum atomic E-state index is 13.3. The summed E-state index contributed by atoms with van der Waals surface area (Å²) in [5.41, 5.74) is 3.56. The topological polar surface area (TPSA) is 69.7 Å². The van der Waals surface area contributed by atoms with Crippen molar-refractivity contribution in [2.45, 2.75) is 26.2 Å². The molecule has 2 aromatic carbocycles. The van der Waals surface area contributed by atoms with Crippen LogP contribution in [0.15, 0.2) is 72.9 Å². The normalized spacial score (nSPS) is 17.0. The SMILES string of the molecule is C=CCN1C(=O)C(c2ccc(NC(C)=O)cc2)=C(N2CCC(Cc3ccccc3)CC2)C1=O. The highest BCUT2D eigenvalue weighted by Gasteiger charge is 2.41. The van der Waals surface area contributed by atoms with Crippen molar-refractivity contribution < 1.29 is 14.4 Å². The largest absolute Gasteiger partial charge is 0.366 e. The Balaban J connectivity index is 1.57. The van der Waals surface area contributed by atoms with Crippen molar-refractivity contribution in [3.63, 3.8) is 0 Å². The van der Waals surface area contributed by atoms with E-state index < -0.39 is 0 Å². The van der Waals surface area contributed by atoms with E-state index in [-0.39, 0.29) is 24.3 Å². The lowest BCUT2D eigenvalue weighted by Gasteiger charge is -2.34. The third kappa shape index (κ3) is 4.90. The fraction of sp³-hybridized carbons (Fsp3) is 0.296. The van der Waals surface area contributed by atoms with Crippen LogP contribution in [0.1, 0.15) is 30.9 Å². The summed E-state index contributed by atoms with van der Waals surface area (Å²) in [6.07, 6.45) is 4.54. The van der Waals surface area contributed by atoms with Gasteiger partial charge in [-0.3, -0.25) is 19.3 Å². The Bertz CT molecular complexity index is 1080. The minimum atomic E-state index is -0.298. The second kappa shape index (κ2) is 9.86. The summed E-state index contributed by atoms with van der Waals surface area (Å²) in [6, 6.07) is 17.5. The number of hydrogen-bond acceptors (Lipinski definition) is 4. The van der Waals surface area contributed by atoms with E-state index in [0.29, 0.717) is 28.4 Å². The Hall–Kier alpha value is -3.67. The van der Waals surface area contributed by atoms with Crippen LogP contribution in [-0.2, 0) is 20.8 Å². The summed E-state index contributed by atoms with van der Waals surface area (Å²) in [6.45, 7) is 6.80. The van der Waals surface area contributed by atoms with E-state index in [1.54, 1.807) is 30.3 Å². The zero-order chi connectivity index (χ0) is 23.4. The molecule has 0 aliphatic carbocycles. The van der Waals surface area contributed by atoms with Gasteiger partial charge in [-0.15, -0.1) is 6.58 Å². The van der Waals surface area contributed by atoms with Crippen LogP contribution in [0.5, 0.6) is 0 Å². The number of imide groups is 1. The smallest absolute Gasteiger partial charge is 0.278 e. The van der Waals surface area contributed by atoms with Crippen molar-refractivity contribution in [2.75, 3.05) is 25.0 Å². The number of piperidine rings is 1. The average molecular weight is 444 g/mol. The minimum Gasteiger partial charge on any atom is -0.366 e. The molecule has 0 spiro atoms. The molecule has 0 unspecified atom stereocenters. The van der Waals surface area contributed by atoms with Crippen molar-refractivity contribution in [1.82, 2.24) is 9.80 Å². The zero-order valence-electron chi connectivity index (χ0n) is 18.9. The summed E-state index contributed by atoms with van der Waals surface area (Å²) in [7, 11) is 0. The first-order valence-electron chi connectivity index (χ1n) is 11.4. The molecule has 0 aromatic heterocycles. The number of nitrogens with zero attached hydrogens (tertiary/aromatic N) is 2. The number of benzene rings is 2. The number of anilines is 1. The molecule has 3 amide bonds. The second-order valence-corrected chi connectivity index (χ2v) is 8.61. The molecule has 2 aliphatic rings. The zero-order valence-corrected chi connectivity index (χ0v) is 18.9. The molecule has 33 heavy (non-hydrogen) atoms. The molecule has 170 valence electrons. The number of carbonyl (C=O) groups excluding carboxylic acids is 3. The Labute approximate surface area is 194 Å². The van der Waals surface area contributed by atoms with Crippen molar-refractivity contribution >= 4 is 29.0 Å². The van der Waals surface area contributed by atoms with E-state index in [2.05, 4.69) is 41.1 Å². The molecule has 0 saturated carbocycles. The standard InChI is InChI=1S/C27H29N3O3/c1-3-15-30-26(32)24(22-9-11-23(12-10-22)28-19(2)31)25(27(30)33)29-16-13-21(14-17-29)18-20-7-5-4-6-8-20/h3-12,21H,1,13-18H2,2H3,(H,28,31). The van der Waals surface area contributed by atoms with Crippen molar-refractivity contribution in [2.24, 2.45) is 5.92 Å². The molecule has 6 nitrogen and oxygen atoms in total. The van der Waals surface area contributed by atoms with E-state index >= 15 is 0 Å². The minimum absolute atomic E-state index is 0.162. The molecule has 2 aliphatic heterocycles. The summed E-state index contributed by atoms with van der Waals surface area (Å²) in [5, 5.41) is 2.73. The highest BCUT2D eigenvalue weighted by molar-refractivity contribution is 6.35. The number of rotatable bonds is 7. The van der Waals surface area contributed by atoms with Gasteiger partial charge in [0.1, 0.15) is 5.70 Å². The number of nitrogens with one attached hydrogen (secondary N) is 1. The van der Waals surface area contributed by atoms with E-state index in [4.69, 9.17) is 0 Å². The molecule has 0 radical (unpaired) electrons. The number of hydrogen-bond donors (Lipinski definition) is 1. The van der Waals surface area contributed by atoms with Gasteiger partial charge in [0, 0.05) is 32.2 Å². The lowest BCUT2D eigenvalue weighted by atomic mass is 9.89. The van der Waals surface area contributed by atoms with Gasteiger partial charge in [0.2, 0.25) is 5.91 Å². The molecule has 6 heteroatoms. The van der Waals surface area contributed by atoms with Gasteiger partial charge in [0.05, 0.1) is 5.57 Å². The van der Waals surface area contributed by atoms with Crippen LogP contribution >= 0.6 is 0 Å². The molecule has 1 N–H and O–H groups in total. The lowest BCUT2D eigenvalue weighted by molar-refractivity contribution is -0.137. The number of likely N-dealkylation sites (tertiary alicyclic amines) is 1. The Morgan fingerprint density at radius 1 is 1.03 bits per heavy atom. The average Bonchev–Trinajstić information content (AvgIpc) is 3.06. The summed E-state index contributed by atoms with van der Waals surface area (Å²) in [5.74, 6) is -0.164. The highest BCUT2D eigenvalue weighted by Crippen LogP contribution is 2.34. The third-order valence-electron chi connectivity index (χ3n) is 6.25. The van der Waals surface area contributed by atoms with Crippen LogP contribution in [0.25, 0.3) is 5.57 Å². The van der Waals surface area contributed by atoms with Gasteiger partial charge in [-0.2, -0.15) is 0 Å². The molecule has 4 rings (SSSR count). The molecule has 2 aromatic rings. The first kappa shape index (κ1) is 22.5. The lowest BCUT2D eigenvalue weighted by Crippen LogP contribution is -2.39. The Morgan fingerprint density at radius 3 is 2.30 bits per heavy atom. The Morgan fingerprint density at radius 2 is 1.70 bits per heavy atom. The van der Waals surface area contributed by atoms with E-state index in [1.807, 2.05) is 6.07 Å². The summed E-state index contributed by atoms with van der Waals surface area (Å²) < 4.78 is 0. The van der Waals surface area contributed by atoms with Crippen LogP contribution in [0.3, 0.4) is 0 Å². The fourth-order valence-electron chi connectivity index (χ4n) is 4.64. The van der Waals surface area contributed by atoms with Crippen LogP contribution < -0.4 is 5.32 Å². The van der Waals surface area contributed by atoms with Gasteiger partial charge in [0.25, 0.3) is 11.8 Å². The van der Waals surface area contributed by atoms with Gasteiger partial charge in [-0.05, 0) is 48.4 Å². The first-order chi connectivity index (χ1) is 16.0. The van der Waals surface area contributed by atoms with E-state index in [0.717, 1.165) is 32.4 Å². The fourth-order valence-corrected chi connectivity index (χ4v) is 4.64. The van der Waals surface area contributed by atoms with E-state index in [9.17, 15) is 14.4 Å².